The molecule has 0 bridgehead atoms. The minimum absolute atomic E-state index is 0.125. The summed E-state index contributed by atoms with van der Waals surface area (Å²) in [6.07, 6.45) is 1.94. The summed E-state index contributed by atoms with van der Waals surface area (Å²) in [5, 5.41) is 3.28. The zero-order chi connectivity index (χ0) is 17.5. The third-order valence-corrected chi connectivity index (χ3v) is 3.89. The van der Waals surface area contributed by atoms with Crippen molar-refractivity contribution < 1.29 is 13.9 Å². The molecular weight excluding hydrogens is 329 g/mol. The molecule has 2 aromatic rings. The van der Waals surface area contributed by atoms with Gasteiger partial charge in [0.25, 0.3) is 0 Å². The summed E-state index contributed by atoms with van der Waals surface area (Å²) in [5.41, 5.74) is 2.59. The number of ether oxygens (including phenoxy) is 1. The fourth-order valence-electron chi connectivity index (χ4n) is 2.28. The second-order valence-corrected chi connectivity index (χ2v) is 6.04. The van der Waals surface area contributed by atoms with Crippen LogP contribution in [0.25, 0.3) is 0 Å². The van der Waals surface area contributed by atoms with Crippen LogP contribution in [0.2, 0.25) is 5.02 Å². The van der Waals surface area contributed by atoms with Crippen LogP contribution in [-0.2, 0) is 16.0 Å². The summed E-state index contributed by atoms with van der Waals surface area (Å²) in [6.45, 7) is 4.39. The van der Waals surface area contributed by atoms with Gasteiger partial charge in [0.15, 0.2) is 0 Å². The van der Waals surface area contributed by atoms with Crippen molar-refractivity contribution in [2.75, 3.05) is 11.9 Å². The number of nitrogens with one attached hydrogen (secondary N) is 1. The molecule has 0 saturated heterocycles. The van der Waals surface area contributed by atoms with Crippen LogP contribution in [0, 0.1) is 12.7 Å². The van der Waals surface area contributed by atoms with Crippen molar-refractivity contribution in [1.82, 2.24) is 0 Å². The van der Waals surface area contributed by atoms with Gasteiger partial charge in [0, 0.05) is 5.69 Å². The van der Waals surface area contributed by atoms with E-state index in [0.29, 0.717) is 12.3 Å². The summed E-state index contributed by atoms with van der Waals surface area (Å²) in [6, 6.07) is 10.1. The zero-order valence-electron chi connectivity index (χ0n) is 13.9. The number of unbranched alkanes of at least 4 members (excludes halogenated alkanes) is 1. The van der Waals surface area contributed by atoms with E-state index in [2.05, 4.69) is 5.32 Å². The molecule has 0 aromatic heterocycles. The number of anilines is 2. The number of carbonyl (C=O) groups excluding carboxylic acids is 1. The highest BCUT2D eigenvalue weighted by atomic mass is 35.5. The number of benzene rings is 2. The average Bonchev–Trinajstić information content (AvgIpc) is 2.53. The molecule has 0 heterocycles. The van der Waals surface area contributed by atoms with Crippen LogP contribution in [0.4, 0.5) is 15.8 Å². The molecule has 0 spiro atoms. The van der Waals surface area contributed by atoms with Crippen LogP contribution in [0.5, 0.6) is 0 Å². The second-order valence-electron chi connectivity index (χ2n) is 5.63. The number of hydrogen-bond donors (Lipinski definition) is 1. The second kappa shape index (κ2) is 8.69. The molecule has 0 saturated carbocycles. The number of esters is 1. The SMILES string of the molecule is CCCCOC(=O)Cc1cc(C)ccc1Nc1c(F)cccc1Cl. The largest absolute Gasteiger partial charge is 0.465 e. The van der Waals surface area contributed by atoms with Gasteiger partial charge >= 0.3 is 5.97 Å². The van der Waals surface area contributed by atoms with E-state index in [-0.39, 0.29) is 23.1 Å². The maximum absolute atomic E-state index is 14.0. The van der Waals surface area contributed by atoms with Gasteiger partial charge in [-0.05, 0) is 37.1 Å². The lowest BCUT2D eigenvalue weighted by Crippen LogP contribution is -2.11. The Kier molecular flexibility index (Phi) is 6.62. The van der Waals surface area contributed by atoms with E-state index in [4.69, 9.17) is 16.3 Å². The van der Waals surface area contributed by atoms with E-state index in [1.807, 2.05) is 32.0 Å². The smallest absolute Gasteiger partial charge is 0.310 e. The molecule has 24 heavy (non-hydrogen) atoms. The van der Waals surface area contributed by atoms with Crippen LogP contribution in [0.15, 0.2) is 36.4 Å². The Morgan fingerprint density at radius 1 is 1.29 bits per heavy atom. The molecule has 128 valence electrons. The van der Waals surface area contributed by atoms with Gasteiger partial charge in [-0.15, -0.1) is 0 Å². The van der Waals surface area contributed by atoms with Gasteiger partial charge in [-0.1, -0.05) is 48.7 Å². The Morgan fingerprint density at radius 3 is 2.79 bits per heavy atom. The number of para-hydroxylation sites is 1. The van der Waals surface area contributed by atoms with Gasteiger partial charge in [0.2, 0.25) is 0 Å². The first-order valence-electron chi connectivity index (χ1n) is 7.97. The van der Waals surface area contributed by atoms with E-state index in [0.717, 1.165) is 24.0 Å². The van der Waals surface area contributed by atoms with Gasteiger partial charge in [0.05, 0.1) is 23.7 Å². The first-order valence-corrected chi connectivity index (χ1v) is 8.35. The van der Waals surface area contributed by atoms with E-state index in [1.54, 1.807) is 12.1 Å². The van der Waals surface area contributed by atoms with Crippen LogP contribution < -0.4 is 5.32 Å². The lowest BCUT2D eigenvalue weighted by Gasteiger charge is -2.14. The molecule has 0 aliphatic rings. The van der Waals surface area contributed by atoms with Crippen molar-refractivity contribution in [2.24, 2.45) is 0 Å². The molecule has 5 heteroatoms. The van der Waals surface area contributed by atoms with Crippen molar-refractivity contribution >= 4 is 28.9 Å². The highest BCUT2D eigenvalue weighted by molar-refractivity contribution is 6.33. The standard InChI is InChI=1S/C19H21ClFNO2/c1-3-4-10-24-18(23)12-14-11-13(2)8-9-17(14)22-19-15(20)6-5-7-16(19)21/h5-9,11,22H,3-4,10,12H2,1-2H3. The Labute approximate surface area is 146 Å². The molecule has 0 unspecified atom stereocenters. The predicted molar refractivity (Wildman–Crippen MR) is 95.4 cm³/mol. The third-order valence-electron chi connectivity index (χ3n) is 3.58. The number of hydrogen-bond acceptors (Lipinski definition) is 3. The Bertz CT molecular complexity index is 698. The van der Waals surface area contributed by atoms with E-state index in [1.165, 1.54) is 6.07 Å². The molecule has 0 aliphatic heterocycles. The minimum Gasteiger partial charge on any atom is -0.465 e. The average molecular weight is 350 g/mol. The fourth-order valence-corrected chi connectivity index (χ4v) is 2.49. The summed E-state index contributed by atoms with van der Waals surface area (Å²) in [4.78, 5) is 12.0. The highest BCUT2D eigenvalue weighted by Gasteiger charge is 2.13. The van der Waals surface area contributed by atoms with Crippen LogP contribution >= 0.6 is 11.6 Å². The molecule has 0 amide bonds. The summed E-state index contributed by atoms with van der Waals surface area (Å²) >= 11 is 6.06. The topological polar surface area (TPSA) is 38.3 Å². The molecule has 0 atom stereocenters. The number of halogens is 2. The molecule has 2 rings (SSSR count). The fraction of sp³-hybridized carbons (Fsp3) is 0.316. The van der Waals surface area contributed by atoms with Crippen LogP contribution in [-0.4, -0.2) is 12.6 Å². The van der Waals surface area contributed by atoms with Crippen molar-refractivity contribution in [3.05, 3.63) is 58.4 Å². The van der Waals surface area contributed by atoms with Crippen molar-refractivity contribution in [1.29, 1.82) is 0 Å². The Balaban J connectivity index is 2.20. The highest BCUT2D eigenvalue weighted by Crippen LogP contribution is 2.30. The van der Waals surface area contributed by atoms with Crippen molar-refractivity contribution in [3.63, 3.8) is 0 Å². The maximum Gasteiger partial charge on any atom is 0.310 e. The summed E-state index contributed by atoms with van der Waals surface area (Å²) < 4.78 is 19.2. The number of aryl methyl sites for hydroxylation is 1. The summed E-state index contributed by atoms with van der Waals surface area (Å²) in [7, 11) is 0. The van der Waals surface area contributed by atoms with Gasteiger partial charge in [-0.25, -0.2) is 4.39 Å². The van der Waals surface area contributed by atoms with Crippen LogP contribution in [0.1, 0.15) is 30.9 Å². The first kappa shape index (κ1) is 18.3. The number of rotatable bonds is 7. The van der Waals surface area contributed by atoms with Gasteiger partial charge < -0.3 is 10.1 Å². The maximum atomic E-state index is 14.0. The minimum atomic E-state index is -0.445. The quantitative estimate of drug-likeness (QED) is 0.536. The molecular formula is C19H21ClFNO2. The lowest BCUT2D eigenvalue weighted by atomic mass is 10.1. The molecule has 0 radical (unpaired) electrons. The molecule has 0 fully saturated rings. The monoisotopic (exact) mass is 349 g/mol. The lowest BCUT2D eigenvalue weighted by molar-refractivity contribution is -0.142. The first-order chi connectivity index (χ1) is 11.5. The molecule has 0 aliphatic carbocycles. The summed E-state index contributed by atoms with van der Waals surface area (Å²) in [5.74, 6) is -0.740. The van der Waals surface area contributed by atoms with Crippen LogP contribution in [0.3, 0.4) is 0 Å². The van der Waals surface area contributed by atoms with Gasteiger partial charge in [-0.2, -0.15) is 0 Å². The van der Waals surface area contributed by atoms with Crippen molar-refractivity contribution in [2.45, 2.75) is 33.1 Å². The Morgan fingerprint density at radius 2 is 2.08 bits per heavy atom. The van der Waals surface area contributed by atoms with E-state index in [9.17, 15) is 9.18 Å². The zero-order valence-corrected chi connectivity index (χ0v) is 14.6. The normalized spacial score (nSPS) is 10.5. The molecule has 3 nitrogen and oxygen atoms in total. The number of carbonyl (C=O) groups is 1. The van der Waals surface area contributed by atoms with E-state index >= 15 is 0 Å². The third kappa shape index (κ3) is 4.96. The predicted octanol–water partition coefficient (Wildman–Crippen LogP) is 5.42. The van der Waals surface area contributed by atoms with Gasteiger partial charge in [-0.3, -0.25) is 4.79 Å². The Hall–Kier alpha value is -2.07. The van der Waals surface area contributed by atoms with Gasteiger partial charge in [0.1, 0.15) is 5.82 Å². The molecule has 2 aromatic carbocycles. The van der Waals surface area contributed by atoms with E-state index < -0.39 is 5.82 Å². The molecule has 1 N–H and O–H groups in total. The van der Waals surface area contributed by atoms with Crippen molar-refractivity contribution in [3.8, 4) is 0 Å².